The highest BCUT2D eigenvalue weighted by Gasteiger charge is 2.21. The first-order valence-corrected chi connectivity index (χ1v) is 5.41. The van der Waals surface area contributed by atoms with Crippen LogP contribution >= 0.6 is 22.9 Å². The smallest absolute Gasteiger partial charge is 0.187 e. The maximum absolute atomic E-state index is 10.6. The zero-order valence-corrected chi connectivity index (χ0v) is 10.2. The van der Waals surface area contributed by atoms with Gasteiger partial charge >= 0.3 is 0 Å². The van der Waals surface area contributed by atoms with Gasteiger partial charge in [-0.1, -0.05) is 22.9 Å². The highest BCUT2D eigenvalue weighted by molar-refractivity contribution is 7.17. The molecule has 1 aromatic heterocycles. The van der Waals surface area contributed by atoms with Crippen LogP contribution in [0.4, 0.5) is 5.13 Å². The first-order valence-electron chi connectivity index (χ1n) is 4.21. The van der Waals surface area contributed by atoms with Gasteiger partial charge in [-0.3, -0.25) is 4.79 Å². The predicted octanol–water partition coefficient (Wildman–Crippen LogP) is 2.84. The molecule has 1 heterocycles. The van der Waals surface area contributed by atoms with Crippen LogP contribution in [0.1, 0.15) is 30.4 Å². The van der Waals surface area contributed by atoms with E-state index in [0.717, 1.165) is 11.4 Å². The average Bonchev–Trinajstić information content (AvgIpc) is 2.43. The first kappa shape index (κ1) is 11.5. The Balaban J connectivity index is 3.03. The second-order valence-electron chi connectivity index (χ2n) is 4.00. The lowest BCUT2D eigenvalue weighted by atomic mass is 10.1. The van der Waals surface area contributed by atoms with Gasteiger partial charge in [0.05, 0.1) is 0 Å². The van der Waals surface area contributed by atoms with Gasteiger partial charge in [0.15, 0.2) is 16.6 Å². The normalized spacial score (nSPS) is 11.5. The van der Waals surface area contributed by atoms with Crippen molar-refractivity contribution in [3.63, 3.8) is 0 Å². The van der Waals surface area contributed by atoms with Gasteiger partial charge in [-0.05, 0) is 20.8 Å². The molecule has 78 valence electrons. The van der Waals surface area contributed by atoms with E-state index in [1.54, 1.807) is 0 Å². The molecule has 0 unspecified atom stereocenters. The van der Waals surface area contributed by atoms with Crippen molar-refractivity contribution < 1.29 is 4.79 Å². The Morgan fingerprint density at radius 3 is 2.43 bits per heavy atom. The molecular formula is C9H13ClN2OS. The Morgan fingerprint density at radius 2 is 2.07 bits per heavy atom. The largest absolute Gasteiger partial charge is 0.346 e. The van der Waals surface area contributed by atoms with Gasteiger partial charge < -0.3 is 4.90 Å². The number of hydrogen-bond donors (Lipinski definition) is 0. The van der Waals surface area contributed by atoms with E-state index in [2.05, 4.69) is 25.8 Å². The Hall–Kier alpha value is -0.610. The summed E-state index contributed by atoms with van der Waals surface area (Å²) < 4.78 is 0. The van der Waals surface area contributed by atoms with E-state index < -0.39 is 0 Å². The van der Waals surface area contributed by atoms with Crippen LogP contribution in [0.15, 0.2) is 0 Å². The summed E-state index contributed by atoms with van der Waals surface area (Å²) >= 11 is 7.09. The van der Waals surface area contributed by atoms with E-state index in [1.807, 2.05) is 11.9 Å². The number of thiazole rings is 1. The molecule has 0 saturated heterocycles. The number of carbonyl (C=O) groups excluding carboxylic acids is 1. The quantitative estimate of drug-likeness (QED) is 0.736. The summed E-state index contributed by atoms with van der Waals surface area (Å²) in [6.07, 6.45) is 0.736. The summed E-state index contributed by atoms with van der Waals surface area (Å²) in [5.41, 5.74) is -0.0265. The zero-order chi connectivity index (χ0) is 10.9. The van der Waals surface area contributed by atoms with Crippen LogP contribution in [0.25, 0.3) is 0 Å². The number of hydrogen-bond acceptors (Lipinski definition) is 4. The lowest BCUT2D eigenvalue weighted by molar-refractivity contribution is 0.112. The lowest BCUT2D eigenvalue weighted by Gasteiger charge is -2.31. The van der Waals surface area contributed by atoms with Crippen molar-refractivity contribution in [1.29, 1.82) is 0 Å². The molecule has 1 rings (SSSR count). The summed E-state index contributed by atoms with van der Waals surface area (Å²) in [6.45, 7) is 6.22. The predicted molar refractivity (Wildman–Crippen MR) is 60.7 cm³/mol. The molecule has 0 atom stereocenters. The van der Waals surface area contributed by atoms with Crippen molar-refractivity contribution in [2.24, 2.45) is 0 Å². The van der Waals surface area contributed by atoms with Crippen LogP contribution in [0, 0.1) is 0 Å². The van der Waals surface area contributed by atoms with Gasteiger partial charge in [0.1, 0.15) is 4.88 Å². The van der Waals surface area contributed by atoms with Gasteiger partial charge in [-0.2, -0.15) is 0 Å². The Kier molecular flexibility index (Phi) is 3.17. The SMILES string of the molecule is CN(c1nc(Cl)c(C=O)s1)C(C)(C)C. The minimum atomic E-state index is -0.0265. The van der Waals surface area contributed by atoms with E-state index in [9.17, 15) is 4.79 Å². The molecule has 0 amide bonds. The number of halogens is 1. The highest BCUT2D eigenvalue weighted by atomic mass is 35.5. The van der Waals surface area contributed by atoms with Gasteiger partial charge in [0.25, 0.3) is 0 Å². The molecule has 0 N–H and O–H groups in total. The zero-order valence-electron chi connectivity index (χ0n) is 8.67. The summed E-state index contributed by atoms with van der Waals surface area (Å²) in [4.78, 5) is 17.2. The molecule has 0 radical (unpaired) electrons. The Morgan fingerprint density at radius 1 is 1.50 bits per heavy atom. The molecule has 14 heavy (non-hydrogen) atoms. The second kappa shape index (κ2) is 3.87. The third-order valence-corrected chi connectivity index (χ3v) is 3.46. The van der Waals surface area contributed by atoms with Crippen molar-refractivity contribution >= 4 is 34.4 Å². The monoisotopic (exact) mass is 232 g/mol. The number of aldehydes is 1. The van der Waals surface area contributed by atoms with Gasteiger partial charge in [-0.15, -0.1) is 0 Å². The van der Waals surface area contributed by atoms with Crippen molar-refractivity contribution in [3.05, 3.63) is 10.0 Å². The van der Waals surface area contributed by atoms with Gasteiger partial charge in [0, 0.05) is 12.6 Å². The third-order valence-electron chi connectivity index (χ3n) is 2.00. The number of carbonyl (C=O) groups is 1. The minimum Gasteiger partial charge on any atom is -0.346 e. The highest BCUT2D eigenvalue weighted by Crippen LogP contribution is 2.30. The number of nitrogens with zero attached hydrogens (tertiary/aromatic N) is 2. The molecule has 0 spiro atoms. The maximum Gasteiger partial charge on any atom is 0.187 e. The minimum absolute atomic E-state index is 0.0265. The van der Waals surface area contributed by atoms with Gasteiger partial charge in [-0.25, -0.2) is 4.98 Å². The molecule has 0 fully saturated rings. The standard InChI is InChI=1S/C9H13ClN2OS/c1-9(2,3)12(4)8-11-7(10)6(5-13)14-8/h5H,1-4H3. The first-order chi connectivity index (χ1) is 6.36. The number of aromatic nitrogens is 1. The van der Waals surface area contributed by atoms with Crippen molar-refractivity contribution in [1.82, 2.24) is 4.98 Å². The van der Waals surface area contributed by atoms with E-state index in [0.29, 0.717) is 4.88 Å². The molecule has 5 heteroatoms. The maximum atomic E-state index is 10.6. The Bertz CT molecular complexity index is 343. The van der Waals surface area contributed by atoms with E-state index in [4.69, 9.17) is 11.6 Å². The topological polar surface area (TPSA) is 33.2 Å². The molecule has 3 nitrogen and oxygen atoms in total. The van der Waals surface area contributed by atoms with Crippen LogP contribution < -0.4 is 4.90 Å². The van der Waals surface area contributed by atoms with E-state index >= 15 is 0 Å². The molecule has 0 bridgehead atoms. The summed E-state index contributed by atoms with van der Waals surface area (Å²) in [5.74, 6) is 0. The molecule has 0 aromatic carbocycles. The summed E-state index contributed by atoms with van der Waals surface area (Å²) in [6, 6.07) is 0. The molecule has 0 saturated carbocycles. The van der Waals surface area contributed by atoms with Crippen LogP contribution in [-0.2, 0) is 0 Å². The summed E-state index contributed by atoms with van der Waals surface area (Å²) in [5, 5.41) is 1.06. The van der Waals surface area contributed by atoms with Crippen LogP contribution in [0.5, 0.6) is 0 Å². The number of rotatable bonds is 2. The molecule has 0 aliphatic rings. The van der Waals surface area contributed by atoms with Crippen LogP contribution in [0.2, 0.25) is 5.15 Å². The molecule has 1 aromatic rings. The van der Waals surface area contributed by atoms with E-state index in [1.165, 1.54) is 11.3 Å². The molecular weight excluding hydrogens is 220 g/mol. The fraction of sp³-hybridized carbons (Fsp3) is 0.556. The Labute approximate surface area is 92.7 Å². The average molecular weight is 233 g/mol. The van der Waals surface area contributed by atoms with Crippen LogP contribution in [-0.4, -0.2) is 23.9 Å². The fourth-order valence-electron chi connectivity index (χ4n) is 0.805. The second-order valence-corrected chi connectivity index (χ2v) is 5.37. The van der Waals surface area contributed by atoms with Crippen LogP contribution in [0.3, 0.4) is 0 Å². The fourth-order valence-corrected chi connectivity index (χ4v) is 2.02. The van der Waals surface area contributed by atoms with Crippen molar-refractivity contribution in [2.75, 3.05) is 11.9 Å². The van der Waals surface area contributed by atoms with E-state index in [-0.39, 0.29) is 10.7 Å². The molecule has 0 aliphatic carbocycles. The van der Waals surface area contributed by atoms with Crippen molar-refractivity contribution in [3.8, 4) is 0 Å². The summed E-state index contributed by atoms with van der Waals surface area (Å²) in [7, 11) is 1.93. The third kappa shape index (κ3) is 2.25. The van der Waals surface area contributed by atoms with Crippen molar-refractivity contribution in [2.45, 2.75) is 26.3 Å². The van der Waals surface area contributed by atoms with Gasteiger partial charge in [0.2, 0.25) is 0 Å². The lowest BCUT2D eigenvalue weighted by Crippen LogP contribution is -2.37. The number of anilines is 1. The molecule has 0 aliphatic heterocycles.